The van der Waals surface area contributed by atoms with E-state index in [1.807, 2.05) is 31.3 Å². The topological polar surface area (TPSA) is 87.0 Å². The lowest BCUT2D eigenvalue weighted by Gasteiger charge is -2.14. The zero-order valence-electron chi connectivity index (χ0n) is 16.4. The lowest BCUT2D eigenvalue weighted by atomic mass is 10.2. The number of aryl methyl sites for hydroxylation is 1. The Hall–Kier alpha value is -1.78. The zero-order valence-corrected chi connectivity index (χ0v) is 19.7. The maximum absolute atomic E-state index is 6.43. The van der Waals surface area contributed by atoms with Crippen molar-refractivity contribution in [3.8, 4) is 11.5 Å². The summed E-state index contributed by atoms with van der Waals surface area (Å²) in [5.41, 5.74) is 1.97. The molecular formula is C18H23Cl3N6O2S. The molecule has 8 nitrogen and oxygen atoms in total. The average molecular weight is 494 g/mol. The Kier molecular flexibility index (Phi) is 11.8. The van der Waals surface area contributed by atoms with Crippen molar-refractivity contribution < 1.29 is 9.47 Å². The fraction of sp³-hybridized carbons (Fsp3) is 0.333. The minimum absolute atomic E-state index is 0. The van der Waals surface area contributed by atoms with Crippen LogP contribution in [0.15, 0.2) is 41.8 Å². The maximum Gasteiger partial charge on any atom is 0.209 e. The van der Waals surface area contributed by atoms with Crippen LogP contribution >= 0.6 is 48.2 Å². The quantitative estimate of drug-likeness (QED) is 0.339. The average Bonchev–Trinajstić information content (AvgIpc) is 3.12. The van der Waals surface area contributed by atoms with E-state index in [1.54, 1.807) is 35.9 Å². The molecule has 0 saturated heterocycles. The molecule has 0 spiro atoms. The number of rotatable bonds is 10. The van der Waals surface area contributed by atoms with Gasteiger partial charge in [0.15, 0.2) is 11.5 Å². The van der Waals surface area contributed by atoms with Gasteiger partial charge in [0.1, 0.15) is 6.61 Å². The smallest absolute Gasteiger partial charge is 0.209 e. The molecule has 1 aromatic carbocycles. The van der Waals surface area contributed by atoms with Crippen LogP contribution in [0, 0.1) is 0 Å². The number of nitrogens with one attached hydrogen (secondary N) is 1. The Balaban J connectivity index is 0.00000225. The lowest BCUT2D eigenvalue weighted by Crippen LogP contribution is -2.17. The van der Waals surface area contributed by atoms with Gasteiger partial charge in [0.25, 0.3) is 0 Å². The van der Waals surface area contributed by atoms with Crippen molar-refractivity contribution in [3.63, 3.8) is 0 Å². The first-order valence-electron chi connectivity index (χ1n) is 8.61. The van der Waals surface area contributed by atoms with Gasteiger partial charge in [-0.15, -0.1) is 29.9 Å². The molecule has 0 fully saturated rings. The molecule has 0 aliphatic rings. The van der Waals surface area contributed by atoms with E-state index in [0.717, 1.165) is 28.6 Å². The van der Waals surface area contributed by atoms with Gasteiger partial charge in [0, 0.05) is 43.8 Å². The van der Waals surface area contributed by atoms with Gasteiger partial charge in [0.2, 0.25) is 5.16 Å². The summed E-state index contributed by atoms with van der Waals surface area (Å²) >= 11 is 8.02. The molecule has 2 aromatic heterocycles. The van der Waals surface area contributed by atoms with Gasteiger partial charge in [-0.05, 0) is 34.2 Å². The Morgan fingerprint density at radius 1 is 1.23 bits per heavy atom. The number of hydrogen-bond donors (Lipinski definition) is 1. The van der Waals surface area contributed by atoms with Gasteiger partial charge < -0.3 is 14.8 Å². The van der Waals surface area contributed by atoms with E-state index in [1.165, 1.54) is 0 Å². The minimum Gasteiger partial charge on any atom is -0.493 e. The van der Waals surface area contributed by atoms with Crippen LogP contribution in [-0.4, -0.2) is 44.6 Å². The second-order valence-corrected chi connectivity index (χ2v) is 7.34. The normalized spacial score (nSPS) is 10.1. The fourth-order valence-electron chi connectivity index (χ4n) is 2.45. The molecule has 3 rings (SSSR count). The highest BCUT2D eigenvalue weighted by molar-refractivity contribution is 7.99. The summed E-state index contributed by atoms with van der Waals surface area (Å²) in [5, 5.41) is 16.0. The van der Waals surface area contributed by atoms with E-state index in [0.29, 0.717) is 29.7 Å². The fourth-order valence-corrected chi connectivity index (χ4v) is 3.48. The highest BCUT2D eigenvalue weighted by atomic mass is 35.5. The first-order chi connectivity index (χ1) is 13.7. The van der Waals surface area contributed by atoms with Crippen molar-refractivity contribution in [3.05, 3.63) is 52.8 Å². The Bertz CT molecular complexity index is 901. The van der Waals surface area contributed by atoms with Gasteiger partial charge >= 0.3 is 0 Å². The molecular weight excluding hydrogens is 471 g/mol. The van der Waals surface area contributed by atoms with E-state index in [2.05, 4.69) is 25.8 Å². The third kappa shape index (κ3) is 7.48. The number of tetrazole rings is 1. The molecule has 164 valence electrons. The third-order valence-corrected chi connectivity index (χ3v) is 5.11. The van der Waals surface area contributed by atoms with Crippen LogP contribution in [0.5, 0.6) is 11.5 Å². The predicted molar refractivity (Wildman–Crippen MR) is 122 cm³/mol. The lowest BCUT2D eigenvalue weighted by molar-refractivity contribution is 0.284. The Labute approximate surface area is 196 Å². The van der Waals surface area contributed by atoms with Crippen molar-refractivity contribution in [2.75, 3.05) is 19.4 Å². The summed E-state index contributed by atoms with van der Waals surface area (Å²) < 4.78 is 13.0. The summed E-state index contributed by atoms with van der Waals surface area (Å²) in [6.07, 6.45) is 3.48. The number of aromatic nitrogens is 5. The first kappa shape index (κ1) is 26.3. The van der Waals surface area contributed by atoms with E-state index in [9.17, 15) is 0 Å². The number of thioether (sulfide) groups is 1. The summed E-state index contributed by atoms with van der Waals surface area (Å²) in [5.74, 6) is 1.99. The van der Waals surface area contributed by atoms with Crippen LogP contribution in [0.4, 0.5) is 0 Å². The predicted octanol–water partition coefficient (Wildman–Crippen LogP) is 3.57. The molecule has 0 atom stereocenters. The summed E-state index contributed by atoms with van der Waals surface area (Å²) in [6.45, 7) is 1.84. The summed E-state index contributed by atoms with van der Waals surface area (Å²) in [6, 6.07) is 7.62. The zero-order chi connectivity index (χ0) is 19.8. The van der Waals surface area contributed by atoms with Gasteiger partial charge in [-0.2, -0.15) is 0 Å². The van der Waals surface area contributed by atoms with E-state index in [4.69, 9.17) is 21.1 Å². The van der Waals surface area contributed by atoms with Crippen molar-refractivity contribution >= 4 is 48.2 Å². The van der Waals surface area contributed by atoms with Gasteiger partial charge in [-0.25, -0.2) is 4.68 Å². The van der Waals surface area contributed by atoms with Gasteiger partial charge in [0.05, 0.1) is 12.1 Å². The van der Waals surface area contributed by atoms with Crippen molar-refractivity contribution in [1.82, 2.24) is 30.5 Å². The molecule has 0 saturated carbocycles. The monoisotopic (exact) mass is 492 g/mol. The molecule has 2 heterocycles. The molecule has 0 amide bonds. The summed E-state index contributed by atoms with van der Waals surface area (Å²) in [7, 11) is 3.42. The number of benzene rings is 1. The van der Waals surface area contributed by atoms with Crippen LogP contribution in [-0.2, 0) is 20.2 Å². The number of methoxy groups -OCH3 is 1. The number of halogens is 3. The van der Waals surface area contributed by atoms with Crippen molar-refractivity contribution in [2.45, 2.75) is 18.3 Å². The molecule has 0 radical (unpaired) electrons. The highest BCUT2D eigenvalue weighted by Gasteiger charge is 2.12. The molecule has 0 aliphatic carbocycles. The molecule has 30 heavy (non-hydrogen) atoms. The van der Waals surface area contributed by atoms with Crippen LogP contribution in [0.1, 0.15) is 11.1 Å². The molecule has 0 bridgehead atoms. The molecule has 0 unspecified atom stereocenters. The second-order valence-electron chi connectivity index (χ2n) is 5.87. The number of pyridine rings is 1. The van der Waals surface area contributed by atoms with Gasteiger partial charge in [-0.3, -0.25) is 4.98 Å². The largest absolute Gasteiger partial charge is 0.493 e. The number of nitrogens with zero attached hydrogens (tertiary/aromatic N) is 5. The number of ether oxygens (including phenoxy) is 2. The third-order valence-electron chi connectivity index (χ3n) is 3.82. The van der Waals surface area contributed by atoms with E-state index in [-0.39, 0.29) is 24.8 Å². The van der Waals surface area contributed by atoms with Crippen molar-refractivity contribution in [1.29, 1.82) is 0 Å². The van der Waals surface area contributed by atoms with Crippen LogP contribution in [0.25, 0.3) is 0 Å². The van der Waals surface area contributed by atoms with Crippen LogP contribution < -0.4 is 14.8 Å². The molecule has 12 heteroatoms. The Morgan fingerprint density at radius 3 is 2.73 bits per heavy atom. The molecule has 0 aliphatic heterocycles. The first-order valence-corrected chi connectivity index (χ1v) is 9.97. The SMILES string of the molecule is COc1cc(CNCCSc2nnnn2C)cc(Cl)c1OCc1cccnc1.Cl.Cl. The standard InChI is InChI=1S/C18H21ClN6O2S.2ClH/c1-25-18(22-23-24-25)28-7-6-21-11-14-8-15(19)17(16(9-14)26-2)27-12-13-4-3-5-20-10-13;;/h3-5,8-10,21H,6-7,11-12H2,1-2H3;2*1H. The van der Waals surface area contributed by atoms with E-state index < -0.39 is 0 Å². The van der Waals surface area contributed by atoms with Crippen LogP contribution in [0.2, 0.25) is 5.02 Å². The van der Waals surface area contributed by atoms with E-state index >= 15 is 0 Å². The number of hydrogen-bond acceptors (Lipinski definition) is 8. The van der Waals surface area contributed by atoms with Crippen LogP contribution in [0.3, 0.4) is 0 Å². The van der Waals surface area contributed by atoms with Gasteiger partial charge in [-0.1, -0.05) is 29.4 Å². The maximum atomic E-state index is 6.43. The minimum atomic E-state index is 0. The van der Waals surface area contributed by atoms with Crippen molar-refractivity contribution in [2.24, 2.45) is 7.05 Å². The summed E-state index contributed by atoms with van der Waals surface area (Å²) in [4.78, 5) is 4.08. The Morgan fingerprint density at radius 2 is 2.07 bits per heavy atom. The second kappa shape index (κ2) is 13.5. The molecule has 3 aromatic rings. The highest BCUT2D eigenvalue weighted by Crippen LogP contribution is 2.37. The molecule has 1 N–H and O–H groups in total.